The summed E-state index contributed by atoms with van der Waals surface area (Å²) < 4.78 is 0. The normalized spacial score (nSPS) is 17.9. The minimum absolute atomic E-state index is 0.186. The van der Waals surface area contributed by atoms with E-state index < -0.39 is 5.97 Å². The Kier molecular flexibility index (Phi) is 7.73. The van der Waals surface area contributed by atoms with Gasteiger partial charge in [-0.25, -0.2) is 9.59 Å². The van der Waals surface area contributed by atoms with Crippen molar-refractivity contribution in [1.82, 2.24) is 15.5 Å². The number of carboxylic acids is 1. The Morgan fingerprint density at radius 2 is 1.92 bits per heavy atom. The highest BCUT2D eigenvalue weighted by atomic mass is 16.4. The van der Waals surface area contributed by atoms with Crippen molar-refractivity contribution in [3.8, 4) is 0 Å². The molecule has 2 rings (SSSR count). The molecule has 1 aliphatic heterocycles. The average Bonchev–Trinajstić information content (AvgIpc) is 2.61. The molecule has 1 aromatic carbocycles. The van der Waals surface area contributed by atoms with Gasteiger partial charge in [-0.1, -0.05) is 18.6 Å². The topological polar surface area (TPSA) is 81.7 Å². The van der Waals surface area contributed by atoms with Crippen molar-refractivity contribution in [3.63, 3.8) is 0 Å². The fraction of sp³-hybridized carbons (Fsp3) is 0.579. The SMILES string of the molecule is CC1CCCCN1CCCCNC(=O)NCc1ccc(C(=O)O)cc1. The number of urea groups is 1. The number of carbonyl (C=O) groups is 2. The predicted molar refractivity (Wildman–Crippen MR) is 97.8 cm³/mol. The van der Waals surface area contributed by atoms with Crippen LogP contribution in [-0.4, -0.2) is 47.7 Å². The summed E-state index contributed by atoms with van der Waals surface area (Å²) in [6.45, 7) is 5.67. The maximum Gasteiger partial charge on any atom is 0.335 e. The van der Waals surface area contributed by atoms with Gasteiger partial charge in [-0.15, -0.1) is 0 Å². The van der Waals surface area contributed by atoms with Crippen LogP contribution in [0.4, 0.5) is 4.79 Å². The third-order valence-electron chi connectivity index (χ3n) is 4.75. The summed E-state index contributed by atoms with van der Waals surface area (Å²) in [6, 6.07) is 7.01. The lowest BCUT2D eigenvalue weighted by Crippen LogP contribution is -2.38. The van der Waals surface area contributed by atoms with Crippen molar-refractivity contribution in [1.29, 1.82) is 0 Å². The minimum Gasteiger partial charge on any atom is -0.478 e. The van der Waals surface area contributed by atoms with E-state index in [1.165, 1.54) is 25.8 Å². The third kappa shape index (κ3) is 6.74. The number of hydrogen-bond donors (Lipinski definition) is 3. The van der Waals surface area contributed by atoms with Gasteiger partial charge in [-0.05, 0) is 63.4 Å². The number of carbonyl (C=O) groups excluding carboxylic acids is 1. The van der Waals surface area contributed by atoms with Gasteiger partial charge in [-0.3, -0.25) is 0 Å². The standard InChI is InChI=1S/C19H29N3O3/c1-15-6-2-4-12-22(15)13-5-3-11-20-19(25)21-14-16-7-9-17(10-8-16)18(23)24/h7-10,15H,2-6,11-14H2,1H3,(H,23,24)(H2,20,21,25). The molecule has 0 spiro atoms. The molecule has 1 atom stereocenters. The van der Waals surface area contributed by atoms with E-state index >= 15 is 0 Å². The number of likely N-dealkylation sites (tertiary alicyclic amines) is 1. The van der Waals surface area contributed by atoms with E-state index in [2.05, 4.69) is 22.5 Å². The van der Waals surface area contributed by atoms with E-state index in [0.29, 0.717) is 19.1 Å². The Morgan fingerprint density at radius 1 is 1.16 bits per heavy atom. The lowest BCUT2D eigenvalue weighted by atomic mass is 10.0. The van der Waals surface area contributed by atoms with Crippen LogP contribution in [-0.2, 0) is 6.54 Å². The summed E-state index contributed by atoms with van der Waals surface area (Å²) in [5.74, 6) is -0.948. The quantitative estimate of drug-likeness (QED) is 0.632. The van der Waals surface area contributed by atoms with Gasteiger partial charge in [0.1, 0.15) is 0 Å². The minimum atomic E-state index is -0.948. The van der Waals surface area contributed by atoms with Gasteiger partial charge >= 0.3 is 12.0 Å². The number of nitrogens with one attached hydrogen (secondary N) is 2. The smallest absolute Gasteiger partial charge is 0.335 e. The Labute approximate surface area is 149 Å². The summed E-state index contributed by atoms with van der Waals surface area (Å²) in [7, 11) is 0. The Hall–Kier alpha value is -2.08. The van der Waals surface area contributed by atoms with Crippen LogP contribution in [0.25, 0.3) is 0 Å². The van der Waals surface area contributed by atoms with E-state index in [0.717, 1.165) is 24.9 Å². The summed E-state index contributed by atoms with van der Waals surface area (Å²) in [5, 5.41) is 14.5. The number of aromatic carboxylic acids is 1. The van der Waals surface area contributed by atoms with Crippen molar-refractivity contribution in [2.75, 3.05) is 19.6 Å². The molecular weight excluding hydrogens is 318 g/mol. The molecule has 0 radical (unpaired) electrons. The number of benzene rings is 1. The van der Waals surface area contributed by atoms with Crippen molar-refractivity contribution in [2.24, 2.45) is 0 Å². The van der Waals surface area contributed by atoms with Crippen LogP contribution in [0.3, 0.4) is 0 Å². The number of rotatable bonds is 8. The first kappa shape index (κ1) is 19.2. The molecule has 3 N–H and O–H groups in total. The second kappa shape index (κ2) is 10.0. The highest BCUT2D eigenvalue weighted by Gasteiger charge is 2.16. The molecule has 1 fully saturated rings. The average molecular weight is 347 g/mol. The molecule has 1 heterocycles. The number of piperidine rings is 1. The van der Waals surface area contributed by atoms with Gasteiger partial charge in [-0.2, -0.15) is 0 Å². The zero-order valence-electron chi connectivity index (χ0n) is 15.0. The maximum absolute atomic E-state index is 11.8. The second-order valence-corrected chi connectivity index (χ2v) is 6.70. The van der Waals surface area contributed by atoms with Crippen LogP contribution in [0.5, 0.6) is 0 Å². The molecule has 1 saturated heterocycles. The highest BCUT2D eigenvalue weighted by molar-refractivity contribution is 5.87. The van der Waals surface area contributed by atoms with Gasteiger partial charge in [0.15, 0.2) is 0 Å². The Balaban J connectivity index is 1.55. The van der Waals surface area contributed by atoms with E-state index in [4.69, 9.17) is 5.11 Å². The molecule has 25 heavy (non-hydrogen) atoms. The highest BCUT2D eigenvalue weighted by Crippen LogP contribution is 2.16. The molecule has 1 aliphatic rings. The Morgan fingerprint density at radius 3 is 2.60 bits per heavy atom. The van der Waals surface area contributed by atoms with Crippen LogP contribution >= 0.6 is 0 Å². The number of nitrogens with zero attached hydrogens (tertiary/aromatic N) is 1. The third-order valence-corrected chi connectivity index (χ3v) is 4.75. The molecule has 138 valence electrons. The van der Waals surface area contributed by atoms with Gasteiger partial charge in [0.25, 0.3) is 0 Å². The second-order valence-electron chi connectivity index (χ2n) is 6.70. The first-order valence-corrected chi connectivity index (χ1v) is 9.14. The van der Waals surface area contributed by atoms with Gasteiger partial charge in [0.05, 0.1) is 5.56 Å². The summed E-state index contributed by atoms with van der Waals surface area (Å²) in [6.07, 6.45) is 6.02. The molecule has 0 aromatic heterocycles. The van der Waals surface area contributed by atoms with Gasteiger partial charge in [0.2, 0.25) is 0 Å². The summed E-state index contributed by atoms with van der Waals surface area (Å²) in [4.78, 5) is 25.1. The number of hydrogen-bond acceptors (Lipinski definition) is 3. The van der Waals surface area contributed by atoms with Crippen molar-refractivity contribution < 1.29 is 14.7 Å². The van der Waals surface area contributed by atoms with Gasteiger partial charge < -0.3 is 20.6 Å². The van der Waals surface area contributed by atoms with E-state index in [9.17, 15) is 9.59 Å². The van der Waals surface area contributed by atoms with Crippen LogP contribution < -0.4 is 10.6 Å². The monoisotopic (exact) mass is 347 g/mol. The molecule has 2 amide bonds. The van der Waals surface area contributed by atoms with Crippen LogP contribution in [0.1, 0.15) is 54.9 Å². The van der Waals surface area contributed by atoms with E-state index in [1.807, 2.05) is 0 Å². The Bertz CT molecular complexity index is 560. The fourth-order valence-electron chi connectivity index (χ4n) is 3.14. The molecule has 6 heteroatoms. The molecule has 1 unspecified atom stereocenters. The summed E-state index contributed by atoms with van der Waals surface area (Å²) >= 11 is 0. The van der Waals surface area contributed by atoms with Crippen molar-refractivity contribution >= 4 is 12.0 Å². The molecular formula is C19H29N3O3. The zero-order chi connectivity index (χ0) is 18.1. The molecule has 0 aliphatic carbocycles. The zero-order valence-corrected chi connectivity index (χ0v) is 15.0. The first-order chi connectivity index (χ1) is 12.1. The van der Waals surface area contributed by atoms with Crippen molar-refractivity contribution in [3.05, 3.63) is 35.4 Å². The molecule has 0 saturated carbocycles. The van der Waals surface area contributed by atoms with Crippen LogP contribution in [0, 0.1) is 0 Å². The maximum atomic E-state index is 11.8. The number of amides is 2. The molecule has 1 aromatic rings. The van der Waals surface area contributed by atoms with Crippen molar-refractivity contribution in [2.45, 2.75) is 51.6 Å². The number of unbranched alkanes of at least 4 members (excludes halogenated alkanes) is 1. The van der Waals surface area contributed by atoms with Crippen LogP contribution in [0.2, 0.25) is 0 Å². The van der Waals surface area contributed by atoms with Crippen LogP contribution in [0.15, 0.2) is 24.3 Å². The first-order valence-electron chi connectivity index (χ1n) is 9.14. The molecule has 6 nitrogen and oxygen atoms in total. The number of carboxylic acid groups (broad SMARTS) is 1. The van der Waals surface area contributed by atoms with E-state index in [-0.39, 0.29) is 11.6 Å². The molecule has 0 bridgehead atoms. The lowest BCUT2D eigenvalue weighted by Gasteiger charge is -2.33. The lowest BCUT2D eigenvalue weighted by molar-refractivity contribution is 0.0697. The summed E-state index contributed by atoms with van der Waals surface area (Å²) in [5.41, 5.74) is 1.12. The van der Waals surface area contributed by atoms with E-state index in [1.54, 1.807) is 24.3 Å². The fourth-order valence-corrected chi connectivity index (χ4v) is 3.14. The largest absolute Gasteiger partial charge is 0.478 e. The predicted octanol–water partition coefficient (Wildman–Crippen LogP) is 2.84. The van der Waals surface area contributed by atoms with Gasteiger partial charge in [0, 0.05) is 19.1 Å².